The molecule has 474 valence electrons. The zero-order valence-electron chi connectivity index (χ0n) is 55.4. The van der Waals surface area contributed by atoms with E-state index in [0.29, 0.717) is 5.75 Å². The van der Waals surface area contributed by atoms with Crippen LogP contribution in [0.2, 0.25) is 0 Å². The number of thiol groups is 1. The van der Waals surface area contributed by atoms with Crippen LogP contribution >= 0.6 is 12.6 Å². The molecule has 0 aliphatic heterocycles. The van der Waals surface area contributed by atoms with Gasteiger partial charge in [0, 0.05) is 123 Å². The lowest BCUT2D eigenvalue weighted by molar-refractivity contribution is 0.495. The third-order valence-corrected chi connectivity index (χ3v) is 12.2. The second kappa shape index (κ2) is 49.9. The van der Waals surface area contributed by atoms with Crippen molar-refractivity contribution < 1.29 is 26.5 Å². The number of unbranched alkanes of at least 4 members (excludes halogenated alkanes) is 5. The Morgan fingerprint density at radius 3 is 0.874 bits per heavy atom. The molecule has 0 fully saturated rings. The van der Waals surface area contributed by atoms with E-state index in [1.54, 1.807) is 31.3 Å². The van der Waals surface area contributed by atoms with Crippen molar-refractivity contribution in [3.63, 3.8) is 0 Å². The zero-order valence-corrected chi connectivity index (χ0v) is 56.3. The SMILES string of the molecule is CC.CC.CC.CC.CC.CC.CCCCCCc1cc(-c2ccc[nH]2)co1.CCCCCc1cc(-c2ccc[nH]2)co1.Cc1cc(-c2ccc[nH]2)co1.Cc1cc(-c2ccc[nH]2)co1.SCc1cc(-c2ccc[nH]2)co1.c1c[nH]c(-c2ccoc2)c1. The predicted molar refractivity (Wildman–Crippen MR) is 372 cm³/mol. The van der Waals surface area contributed by atoms with Crippen LogP contribution < -0.4 is 0 Å². The normalized spacial score (nSPS) is 9.44. The minimum absolute atomic E-state index is 0.640. The van der Waals surface area contributed by atoms with Crippen molar-refractivity contribution in [3.8, 4) is 67.5 Å². The van der Waals surface area contributed by atoms with Gasteiger partial charge >= 0.3 is 0 Å². The van der Waals surface area contributed by atoms with Crippen LogP contribution in [0.3, 0.4) is 0 Å². The van der Waals surface area contributed by atoms with E-state index in [-0.39, 0.29) is 0 Å². The van der Waals surface area contributed by atoms with Crippen molar-refractivity contribution in [1.82, 2.24) is 29.9 Å². The van der Waals surface area contributed by atoms with E-state index >= 15 is 0 Å². The van der Waals surface area contributed by atoms with Gasteiger partial charge < -0.3 is 56.4 Å². The first-order chi connectivity index (χ1) is 42.9. The van der Waals surface area contributed by atoms with E-state index in [9.17, 15) is 0 Å². The summed E-state index contributed by atoms with van der Waals surface area (Å²) in [6, 6.07) is 36.2. The van der Waals surface area contributed by atoms with Gasteiger partial charge in [-0.25, -0.2) is 0 Å². The van der Waals surface area contributed by atoms with E-state index in [1.165, 1.54) is 44.9 Å². The second-order valence-electron chi connectivity index (χ2n) is 17.7. The quantitative estimate of drug-likeness (QED) is 0.0375. The third-order valence-electron chi connectivity index (χ3n) is 11.9. The molecule has 0 radical (unpaired) electrons. The number of rotatable bonds is 16. The fourth-order valence-corrected chi connectivity index (χ4v) is 8.00. The fourth-order valence-electron chi connectivity index (χ4n) is 7.83. The molecule has 6 N–H and O–H groups in total. The van der Waals surface area contributed by atoms with Crippen LogP contribution in [0.25, 0.3) is 67.5 Å². The highest BCUT2D eigenvalue weighted by molar-refractivity contribution is 7.79. The molecule has 0 amide bonds. The lowest BCUT2D eigenvalue weighted by Crippen LogP contribution is -1.82. The van der Waals surface area contributed by atoms with Gasteiger partial charge in [-0.3, -0.25) is 0 Å². The average Bonchev–Trinajstić information content (AvgIpc) is 4.59. The molecule has 0 spiro atoms. The summed E-state index contributed by atoms with van der Waals surface area (Å²) >= 11 is 4.12. The van der Waals surface area contributed by atoms with E-state index in [4.69, 9.17) is 26.5 Å². The van der Waals surface area contributed by atoms with Crippen molar-refractivity contribution in [2.75, 3.05) is 0 Å². The molecule has 12 aromatic heterocycles. The smallest absolute Gasteiger partial charge is 0.114 e. The van der Waals surface area contributed by atoms with Gasteiger partial charge in [0.1, 0.15) is 35.1 Å². The monoisotopic (exact) mass is 1210 g/mol. The molecule has 13 heteroatoms. The van der Waals surface area contributed by atoms with Gasteiger partial charge in [0.15, 0.2) is 0 Å². The zero-order chi connectivity index (χ0) is 64.3. The van der Waals surface area contributed by atoms with Gasteiger partial charge in [0.25, 0.3) is 0 Å². The first kappa shape index (κ1) is 76.7. The van der Waals surface area contributed by atoms with Crippen LogP contribution in [0.4, 0.5) is 0 Å². The summed E-state index contributed by atoms with van der Waals surface area (Å²) in [5.74, 6) is 5.60. The molecule has 0 saturated heterocycles. The summed E-state index contributed by atoms with van der Waals surface area (Å²) in [7, 11) is 0. The fraction of sp³-hybridized carbons (Fsp3) is 0.351. The van der Waals surface area contributed by atoms with Crippen LogP contribution in [0.1, 0.15) is 171 Å². The summed E-state index contributed by atoms with van der Waals surface area (Å²) in [5, 5.41) is 0. The first-order valence-electron chi connectivity index (χ1n) is 31.7. The third kappa shape index (κ3) is 29.6. The minimum Gasteiger partial charge on any atom is -0.472 e. The van der Waals surface area contributed by atoms with Crippen molar-refractivity contribution in [1.29, 1.82) is 0 Å². The molecule has 12 nitrogen and oxygen atoms in total. The Hall–Kier alpha value is -8.29. The lowest BCUT2D eigenvalue weighted by atomic mass is 10.1. The highest BCUT2D eigenvalue weighted by atomic mass is 32.1. The van der Waals surface area contributed by atoms with Crippen LogP contribution in [0.15, 0.2) is 217 Å². The van der Waals surface area contributed by atoms with Gasteiger partial charge in [-0.1, -0.05) is 129 Å². The van der Waals surface area contributed by atoms with Gasteiger partial charge in [-0.15, -0.1) is 0 Å². The number of hydrogen-bond donors (Lipinski definition) is 7. The molecule has 0 aromatic carbocycles. The molecule has 0 atom stereocenters. The maximum absolute atomic E-state index is 5.55. The van der Waals surface area contributed by atoms with Gasteiger partial charge in [0.05, 0.1) is 37.6 Å². The number of furan rings is 6. The maximum atomic E-state index is 5.55. The lowest BCUT2D eigenvalue weighted by Gasteiger charge is -1.95. The summed E-state index contributed by atoms with van der Waals surface area (Å²) in [4.78, 5) is 18.8. The summed E-state index contributed by atoms with van der Waals surface area (Å²) in [5.41, 5.74) is 13.3. The number of nitrogens with one attached hydrogen (secondary N) is 6. The van der Waals surface area contributed by atoms with Crippen molar-refractivity contribution in [2.24, 2.45) is 0 Å². The average molecular weight is 1210 g/mol. The number of aromatic nitrogens is 6. The van der Waals surface area contributed by atoms with Crippen molar-refractivity contribution in [3.05, 3.63) is 219 Å². The Morgan fingerprint density at radius 2 is 0.609 bits per heavy atom. The van der Waals surface area contributed by atoms with Gasteiger partial charge in [-0.05, 0) is 136 Å². The predicted octanol–water partition coefficient (Wildman–Crippen LogP) is 24.7. The van der Waals surface area contributed by atoms with Gasteiger partial charge in [0.2, 0.25) is 0 Å². The Bertz CT molecular complexity index is 3110. The maximum Gasteiger partial charge on any atom is 0.114 e. The molecular weight excluding hydrogens is 1100 g/mol. The summed E-state index contributed by atoms with van der Waals surface area (Å²) in [6.45, 7) is 32.3. The molecule has 0 bridgehead atoms. The Labute approximate surface area is 527 Å². The second-order valence-corrected chi connectivity index (χ2v) is 18.1. The van der Waals surface area contributed by atoms with Crippen molar-refractivity contribution >= 4 is 12.6 Å². The Balaban J connectivity index is 0.000000506. The number of aromatic amines is 6. The van der Waals surface area contributed by atoms with Crippen LogP contribution in [-0.4, -0.2) is 29.9 Å². The van der Waals surface area contributed by atoms with Crippen LogP contribution in [0, 0.1) is 13.8 Å². The van der Waals surface area contributed by atoms with Crippen molar-refractivity contribution in [2.45, 2.75) is 174 Å². The van der Waals surface area contributed by atoms with E-state index in [2.05, 4.69) is 80.6 Å². The standard InChI is InChI=1S/C14H19NO.C13H17NO.C9H9NOS.2C9H9NO.C8H7NO.6C2H6/c1-2-3-4-5-7-13-10-12(11-16-13)14-8-6-9-15-14;1-2-3-4-6-12-9-11(10-15-12)13-7-5-8-14-13;12-6-8-4-7(5-11-8)9-2-1-3-10-9;2*1-7-5-8(6-11-7)9-3-2-4-10-9;1-2-8(9-4-1)7-3-5-10-6-7;6*1-2/h6,8-11,15H,2-5,7H2,1H3;5,7-10,14H,2-4,6H2,1H3;1-5,10,12H,6H2;2*2-6,10H,1H3;1-6,9H;6*1-2H3. The van der Waals surface area contributed by atoms with E-state index in [1.807, 2.05) is 232 Å². The molecular formula is C74H106N6O6S. The molecule has 0 aliphatic rings. The van der Waals surface area contributed by atoms with Crippen LogP contribution in [-0.2, 0) is 18.6 Å². The highest BCUT2D eigenvalue weighted by Crippen LogP contribution is 2.25. The molecule has 0 aliphatic carbocycles. The molecule has 12 heterocycles. The topological polar surface area (TPSA) is 174 Å². The molecule has 12 aromatic rings. The molecule has 0 unspecified atom stereocenters. The Kier molecular flexibility index (Phi) is 44.0. The van der Waals surface area contributed by atoms with Gasteiger partial charge in [-0.2, -0.15) is 12.6 Å². The molecule has 87 heavy (non-hydrogen) atoms. The molecule has 0 saturated carbocycles. The minimum atomic E-state index is 0.640. The number of H-pyrrole nitrogens is 6. The highest BCUT2D eigenvalue weighted by Gasteiger charge is 2.07. The van der Waals surface area contributed by atoms with E-state index in [0.717, 1.165) is 109 Å². The number of aryl methyl sites for hydroxylation is 4. The largest absolute Gasteiger partial charge is 0.472 e. The van der Waals surface area contributed by atoms with Crippen LogP contribution in [0.5, 0.6) is 0 Å². The first-order valence-corrected chi connectivity index (χ1v) is 32.3. The number of hydrogen-bond acceptors (Lipinski definition) is 7. The summed E-state index contributed by atoms with van der Waals surface area (Å²) in [6.07, 6.45) is 34.7. The molecule has 12 rings (SSSR count). The summed E-state index contributed by atoms with van der Waals surface area (Å²) < 4.78 is 31.6. The van der Waals surface area contributed by atoms with E-state index < -0.39 is 0 Å². The Morgan fingerprint density at radius 1 is 0.322 bits per heavy atom.